The molecule has 4 heteroatoms. The van der Waals surface area contributed by atoms with Crippen molar-refractivity contribution in [3.63, 3.8) is 0 Å². The van der Waals surface area contributed by atoms with Gasteiger partial charge in [0, 0.05) is 0 Å². The summed E-state index contributed by atoms with van der Waals surface area (Å²) in [6, 6.07) is 5.20. The third-order valence-corrected chi connectivity index (χ3v) is 3.67. The van der Waals surface area contributed by atoms with Gasteiger partial charge in [0.2, 0.25) is 5.75 Å². The zero-order valence-electron chi connectivity index (χ0n) is 9.31. The molecule has 1 N–H and O–H groups in total. The number of para-hydroxylation sites is 1. The van der Waals surface area contributed by atoms with Gasteiger partial charge in [-0.25, -0.2) is 0 Å². The van der Waals surface area contributed by atoms with Crippen LogP contribution in [0.1, 0.15) is 12.8 Å². The van der Waals surface area contributed by atoms with Gasteiger partial charge in [-0.3, -0.25) is 0 Å². The normalized spacial score (nSPS) is 17.1. The fourth-order valence-corrected chi connectivity index (χ4v) is 2.84. The van der Waals surface area contributed by atoms with Crippen molar-refractivity contribution < 1.29 is 14.6 Å². The lowest BCUT2D eigenvalue weighted by Crippen LogP contribution is -2.22. The van der Waals surface area contributed by atoms with Crippen LogP contribution in [0, 0.1) is 0 Å². The average molecular weight is 240 g/mol. The molecule has 0 aliphatic carbocycles. The van der Waals surface area contributed by atoms with Gasteiger partial charge in [0.25, 0.3) is 0 Å². The maximum absolute atomic E-state index is 9.61. The van der Waals surface area contributed by atoms with E-state index in [0.29, 0.717) is 11.5 Å². The molecule has 1 heterocycles. The highest BCUT2D eigenvalue weighted by atomic mass is 32.2. The van der Waals surface area contributed by atoms with Crippen LogP contribution < -0.4 is 9.47 Å². The summed E-state index contributed by atoms with van der Waals surface area (Å²) in [7, 11) is 1.54. The fourth-order valence-electron chi connectivity index (χ4n) is 1.78. The fraction of sp³-hybridized carbons (Fsp3) is 0.500. The number of hydrogen-bond donors (Lipinski definition) is 1. The van der Waals surface area contributed by atoms with E-state index in [-0.39, 0.29) is 11.9 Å². The van der Waals surface area contributed by atoms with Gasteiger partial charge in [0.05, 0.1) is 7.11 Å². The molecular formula is C12H16O3S. The third kappa shape index (κ3) is 2.55. The molecule has 1 fully saturated rings. The van der Waals surface area contributed by atoms with Crippen molar-refractivity contribution in [1.29, 1.82) is 0 Å². The van der Waals surface area contributed by atoms with Crippen LogP contribution in [0.25, 0.3) is 0 Å². The van der Waals surface area contributed by atoms with Gasteiger partial charge in [-0.1, -0.05) is 6.07 Å². The van der Waals surface area contributed by atoms with Crippen molar-refractivity contribution in [3.8, 4) is 17.2 Å². The maximum Gasteiger partial charge on any atom is 0.203 e. The molecule has 3 nitrogen and oxygen atoms in total. The van der Waals surface area contributed by atoms with Crippen LogP contribution in [0.2, 0.25) is 0 Å². The second-order valence-electron chi connectivity index (χ2n) is 3.74. The lowest BCUT2D eigenvalue weighted by molar-refractivity contribution is 0.183. The van der Waals surface area contributed by atoms with E-state index in [0.717, 1.165) is 24.3 Å². The highest BCUT2D eigenvalue weighted by Gasteiger charge is 2.18. The molecule has 1 aromatic rings. The zero-order valence-corrected chi connectivity index (χ0v) is 10.1. The van der Waals surface area contributed by atoms with E-state index in [1.807, 2.05) is 17.8 Å². The number of hydrogen-bond acceptors (Lipinski definition) is 4. The van der Waals surface area contributed by atoms with Crippen LogP contribution >= 0.6 is 11.8 Å². The Kier molecular flexibility index (Phi) is 3.83. The van der Waals surface area contributed by atoms with Gasteiger partial charge in [-0.2, -0.15) is 11.8 Å². The molecule has 88 valence electrons. The minimum absolute atomic E-state index is 0.130. The molecule has 0 radical (unpaired) electrons. The zero-order chi connectivity index (χ0) is 11.4. The first kappa shape index (κ1) is 11.5. The Balaban J connectivity index is 2.10. The number of rotatable bonds is 3. The van der Waals surface area contributed by atoms with Crippen molar-refractivity contribution in [2.24, 2.45) is 0 Å². The Morgan fingerprint density at radius 1 is 1.31 bits per heavy atom. The minimum Gasteiger partial charge on any atom is -0.504 e. The van der Waals surface area contributed by atoms with Crippen LogP contribution in [-0.2, 0) is 0 Å². The summed E-state index contributed by atoms with van der Waals surface area (Å²) < 4.78 is 11.0. The minimum atomic E-state index is 0.130. The van der Waals surface area contributed by atoms with Crippen LogP contribution in [0.3, 0.4) is 0 Å². The summed E-state index contributed by atoms with van der Waals surface area (Å²) in [6.07, 6.45) is 2.37. The van der Waals surface area contributed by atoms with E-state index >= 15 is 0 Å². The highest BCUT2D eigenvalue weighted by molar-refractivity contribution is 7.99. The molecule has 0 atom stereocenters. The van der Waals surface area contributed by atoms with Gasteiger partial charge in [0.15, 0.2) is 11.5 Å². The SMILES string of the molecule is COc1c(O)cccc1OC1CCSCC1. The number of phenols is 1. The van der Waals surface area contributed by atoms with Crippen molar-refractivity contribution >= 4 is 11.8 Å². The molecule has 1 saturated heterocycles. The third-order valence-electron chi connectivity index (χ3n) is 2.62. The van der Waals surface area contributed by atoms with Crippen molar-refractivity contribution in [3.05, 3.63) is 18.2 Å². The van der Waals surface area contributed by atoms with Crippen LogP contribution in [-0.4, -0.2) is 29.8 Å². The summed E-state index contributed by atoms with van der Waals surface area (Å²) >= 11 is 1.96. The molecule has 2 rings (SSSR count). The highest BCUT2D eigenvalue weighted by Crippen LogP contribution is 2.37. The molecule has 0 amide bonds. The Bertz CT molecular complexity index is 348. The standard InChI is InChI=1S/C12H16O3S/c1-14-12-10(13)3-2-4-11(12)15-9-5-7-16-8-6-9/h2-4,9,13H,5-8H2,1H3. The Morgan fingerprint density at radius 2 is 2.06 bits per heavy atom. The lowest BCUT2D eigenvalue weighted by atomic mass is 10.2. The summed E-state index contributed by atoms with van der Waals surface area (Å²) in [4.78, 5) is 0. The van der Waals surface area contributed by atoms with Gasteiger partial charge in [-0.05, 0) is 36.5 Å². The van der Waals surface area contributed by atoms with E-state index in [9.17, 15) is 5.11 Å². The molecule has 0 saturated carbocycles. The first-order valence-corrected chi connectivity index (χ1v) is 6.57. The molecule has 1 aromatic carbocycles. The molecular weight excluding hydrogens is 224 g/mol. The second kappa shape index (κ2) is 5.34. The van der Waals surface area contributed by atoms with Crippen molar-refractivity contribution in [1.82, 2.24) is 0 Å². The Hall–Kier alpha value is -1.03. The van der Waals surface area contributed by atoms with Gasteiger partial charge in [-0.15, -0.1) is 0 Å². The summed E-state index contributed by atoms with van der Waals surface area (Å²) in [5, 5.41) is 9.61. The lowest BCUT2D eigenvalue weighted by Gasteiger charge is -2.23. The molecule has 0 unspecified atom stereocenters. The number of aromatic hydroxyl groups is 1. The largest absolute Gasteiger partial charge is 0.504 e. The molecule has 1 aliphatic heterocycles. The topological polar surface area (TPSA) is 38.7 Å². The summed E-state index contributed by atoms with van der Waals surface area (Å²) in [5.74, 6) is 3.49. The smallest absolute Gasteiger partial charge is 0.203 e. The van der Waals surface area contributed by atoms with E-state index in [2.05, 4.69) is 0 Å². The Labute approximate surface area is 99.8 Å². The van der Waals surface area contributed by atoms with E-state index < -0.39 is 0 Å². The molecule has 0 aromatic heterocycles. The number of benzene rings is 1. The summed E-state index contributed by atoms with van der Waals surface area (Å²) in [6.45, 7) is 0. The monoisotopic (exact) mass is 240 g/mol. The number of methoxy groups -OCH3 is 1. The van der Waals surface area contributed by atoms with Gasteiger partial charge in [0.1, 0.15) is 6.10 Å². The van der Waals surface area contributed by atoms with Crippen molar-refractivity contribution in [2.45, 2.75) is 18.9 Å². The van der Waals surface area contributed by atoms with Crippen LogP contribution in [0.15, 0.2) is 18.2 Å². The van der Waals surface area contributed by atoms with Crippen LogP contribution in [0.4, 0.5) is 0 Å². The first-order chi connectivity index (χ1) is 7.81. The molecule has 0 spiro atoms. The maximum atomic E-state index is 9.61. The molecule has 0 bridgehead atoms. The first-order valence-electron chi connectivity index (χ1n) is 5.41. The quantitative estimate of drug-likeness (QED) is 0.881. The summed E-state index contributed by atoms with van der Waals surface area (Å²) in [5.41, 5.74) is 0. The van der Waals surface area contributed by atoms with Gasteiger partial charge >= 0.3 is 0 Å². The predicted molar refractivity (Wildman–Crippen MR) is 65.6 cm³/mol. The Morgan fingerprint density at radius 3 is 2.75 bits per heavy atom. The van der Waals surface area contributed by atoms with E-state index in [1.165, 1.54) is 0 Å². The predicted octanol–water partition coefficient (Wildman–Crippen LogP) is 2.68. The second-order valence-corrected chi connectivity index (χ2v) is 4.96. The van der Waals surface area contributed by atoms with Crippen molar-refractivity contribution in [2.75, 3.05) is 18.6 Å². The number of phenolic OH excluding ortho intramolecular Hbond substituents is 1. The average Bonchev–Trinajstić information content (AvgIpc) is 2.31. The molecule has 16 heavy (non-hydrogen) atoms. The number of thioether (sulfide) groups is 1. The molecule has 1 aliphatic rings. The van der Waals surface area contributed by atoms with Gasteiger partial charge < -0.3 is 14.6 Å². The van der Waals surface area contributed by atoms with Crippen LogP contribution in [0.5, 0.6) is 17.2 Å². The van der Waals surface area contributed by atoms with E-state index in [1.54, 1.807) is 19.2 Å². The number of ether oxygens (including phenoxy) is 2. The van der Waals surface area contributed by atoms with E-state index in [4.69, 9.17) is 9.47 Å².